The predicted octanol–water partition coefficient (Wildman–Crippen LogP) is 2.04. The first-order valence-corrected chi connectivity index (χ1v) is 6.13. The van der Waals surface area contributed by atoms with E-state index in [0.29, 0.717) is 18.7 Å². The summed E-state index contributed by atoms with van der Waals surface area (Å²) in [6.07, 6.45) is 2.78. The topological polar surface area (TPSA) is 99.2 Å². The van der Waals surface area contributed by atoms with Crippen LogP contribution < -0.4 is 5.32 Å². The van der Waals surface area contributed by atoms with E-state index in [2.05, 4.69) is 5.32 Å². The third kappa shape index (κ3) is 3.01. The van der Waals surface area contributed by atoms with Crippen molar-refractivity contribution in [2.24, 2.45) is 5.41 Å². The predicted molar refractivity (Wildman–Crippen MR) is 69.7 cm³/mol. The Bertz CT molecular complexity index is 532. The highest BCUT2D eigenvalue weighted by Gasteiger charge is 2.41. The molecule has 0 unspecified atom stereocenters. The van der Waals surface area contributed by atoms with E-state index < -0.39 is 4.92 Å². The van der Waals surface area contributed by atoms with Crippen molar-refractivity contribution in [3.63, 3.8) is 0 Å². The van der Waals surface area contributed by atoms with Gasteiger partial charge in [0.15, 0.2) is 0 Å². The van der Waals surface area contributed by atoms with Crippen LogP contribution in [0.4, 0.5) is 11.4 Å². The first-order valence-electron chi connectivity index (χ1n) is 6.13. The van der Waals surface area contributed by atoms with Crippen LogP contribution in [0.15, 0.2) is 18.2 Å². The summed E-state index contributed by atoms with van der Waals surface area (Å²) in [6.45, 7) is 0.747. The van der Waals surface area contributed by atoms with Crippen molar-refractivity contribution in [1.82, 2.24) is 0 Å². The number of nitro benzene ring substituents is 1. The maximum absolute atomic E-state index is 11.0. The summed E-state index contributed by atoms with van der Waals surface area (Å²) in [4.78, 5) is 10.5. The third-order valence-electron chi connectivity index (χ3n) is 3.58. The van der Waals surface area contributed by atoms with Gasteiger partial charge >= 0.3 is 0 Å². The Balaban J connectivity index is 2.12. The molecule has 1 saturated carbocycles. The summed E-state index contributed by atoms with van der Waals surface area (Å²) >= 11 is 0. The summed E-state index contributed by atoms with van der Waals surface area (Å²) < 4.78 is 0. The van der Waals surface area contributed by atoms with E-state index in [0.717, 1.165) is 12.8 Å². The van der Waals surface area contributed by atoms with Gasteiger partial charge < -0.3 is 10.4 Å². The molecular weight excluding hydrogens is 246 g/mol. The van der Waals surface area contributed by atoms with Gasteiger partial charge in [-0.15, -0.1) is 0 Å². The lowest BCUT2D eigenvalue weighted by atomic mass is 10.0. The average molecular weight is 261 g/mol. The number of benzene rings is 1. The van der Waals surface area contributed by atoms with Gasteiger partial charge in [0, 0.05) is 19.2 Å². The maximum Gasteiger partial charge on any atom is 0.293 e. The molecule has 0 aromatic heterocycles. The first-order chi connectivity index (χ1) is 9.10. The van der Waals surface area contributed by atoms with Crippen LogP contribution in [0, 0.1) is 26.9 Å². The van der Waals surface area contributed by atoms with Crippen molar-refractivity contribution in [1.29, 1.82) is 5.26 Å². The van der Waals surface area contributed by atoms with Gasteiger partial charge in [-0.05, 0) is 36.8 Å². The molecule has 6 nitrogen and oxygen atoms in total. The molecular formula is C13H15N3O3. The highest BCUT2D eigenvalue weighted by atomic mass is 16.6. The monoisotopic (exact) mass is 261 g/mol. The molecule has 1 aliphatic rings. The molecule has 2 rings (SSSR count). The van der Waals surface area contributed by atoms with Crippen LogP contribution >= 0.6 is 0 Å². The van der Waals surface area contributed by atoms with Crippen LogP contribution in [-0.2, 0) is 0 Å². The summed E-state index contributed by atoms with van der Waals surface area (Å²) in [5.41, 5.74) is 0.692. The Hall–Kier alpha value is -2.13. The number of hydrogen-bond donors (Lipinski definition) is 2. The van der Waals surface area contributed by atoms with Crippen molar-refractivity contribution < 1.29 is 10.0 Å². The number of hydrogen-bond acceptors (Lipinski definition) is 5. The van der Waals surface area contributed by atoms with Gasteiger partial charge in [0.2, 0.25) is 0 Å². The second-order valence-electron chi connectivity index (χ2n) is 4.93. The molecule has 1 aliphatic carbocycles. The zero-order chi connectivity index (χ0) is 13.9. The normalized spacial score (nSPS) is 15.6. The van der Waals surface area contributed by atoms with E-state index in [1.54, 1.807) is 12.1 Å². The highest BCUT2D eigenvalue weighted by molar-refractivity contribution is 5.64. The number of anilines is 1. The minimum atomic E-state index is -0.491. The second-order valence-corrected chi connectivity index (χ2v) is 4.93. The Morgan fingerprint density at radius 3 is 2.79 bits per heavy atom. The molecule has 0 heterocycles. The minimum absolute atomic E-state index is 0.0799. The maximum atomic E-state index is 11.0. The van der Waals surface area contributed by atoms with Crippen molar-refractivity contribution in [2.75, 3.05) is 18.5 Å². The SMILES string of the molecule is N#Cc1ccc(NCC2(CCO)CC2)c([N+](=O)[O-])c1. The van der Waals surface area contributed by atoms with Crippen LogP contribution in [0.5, 0.6) is 0 Å². The number of aliphatic hydroxyl groups is 1. The fourth-order valence-corrected chi connectivity index (χ4v) is 2.11. The van der Waals surface area contributed by atoms with E-state index in [4.69, 9.17) is 10.4 Å². The van der Waals surface area contributed by atoms with E-state index >= 15 is 0 Å². The van der Waals surface area contributed by atoms with Gasteiger partial charge in [-0.25, -0.2) is 0 Å². The van der Waals surface area contributed by atoms with Crippen LogP contribution in [0.3, 0.4) is 0 Å². The molecule has 0 saturated heterocycles. The third-order valence-corrected chi connectivity index (χ3v) is 3.58. The smallest absolute Gasteiger partial charge is 0.293 e. The van der Waals surface area contributed by atoms with E-state index in [-0.39, 0.29) is 23.3 Å². The molecule has 1 aromatic carbocycles. The molecule has 100 valence electrons. The van der Waals surface area contributed by atoms with E-state index in [1.165, 1.54) is 6.07 Å². The van der Waals surface area contributed by atoms with Gasteiger partial charge in [-0.1, -0.05) is 0 Å². The minimum Gasteiger partial charge on any atom is -0.396 e. The number of nitrogens with zero attached hydrogens (tertiary/aromatic N) is 2. The summed E-state index contributed by atoms with van der Waals surface area (Å²) in [7, 11) is 0. The molecule has 0 bridgehead atoms. The van der Waals surface area contributed by atoms with Crippen LogP contribution in [0.2, 0.25) is 0 Å². The lowest BCUT2D eigenvalue weighted by molar-refractivity contribution is -0.384. The molecule has 0 amide bonds. The standard InChI is InChI=1S/C13H15N3O3/c14-8-10-1-2-11(12(7-10)16(18)19)15-9-13(3-4-13)5-6-17/h1-2,7,15,17H,3-6,9H2. The molecule has 0 aliphatic heterocycles. The van der Waals surface area contributed by atoms with Crippen LogP contribution in [0.1, 0.15) is 24.8 Å². The zero-order valence-electron chi connectivity index (χ0n) is 10.4. The van der Waals surface area contributed by atoms with Crippen molar-refractivity contribution in [2.45, 2.75) is 19.3 Å². The van der Waals surface area contributed by atoms with E-state index in [1.807, 2.05) is 6.07 Å². The van der Waals surface area contributed by atoms with Crippen molar-refractivity contribution in [3.8, 4) is 6.07 Å². The van der Waals surface area contributed by atoms with Crippen LogP contribution in [-0.4, -0.2) is 23.2 Å². The lowest BCUT2D eigenvalue weighted by Crippen LogP contribution is -2.17. The Morgan fingerprint density at radius 2 is 2.26 bits per heavy atom. The fraction of sp³-hybridized carbons (Fsp3) is 0.462. The molecule has 0 spiro atoms. The molecule has 0 radical (unpaired) electrons. The average Bonchev–Trinajstić information content (AvgIpc) is 3.17. The number of nitriles is 1. The van der Waals surface area contributed by atoms with Gasteiger partial charge in [-0.2, -0.15) is 5.26 Å². The lowest BCUT2D eigenvalue weighted by Gasteiger charge is -2.15. The molecule has 1 aromatic rings. The largest absolute Gasteiger partial charge is 0.396 e. The zero-order valence-corrected chi connectivity index (χ0v) is 10.4. The molecule has 1 fully saturated rings. The Kier molecular flexibility index (Phi) is 3.67. The molecule has 2 N–H and O–H groups in total. The van der Waals surface area contributed by atoms with Gasteiger partial charge in [-0.3, -0.25) is 10.1 Å². The Morgan fingerprint density at radius 1 is 1.53 bits per heavy atom. The molecule has 0 atom stereocenters. The highest BCUT2D eigenvalue weighted by Crippen LogP contribution is 2.48. The summed E-state index contributed by atoms with van der Waals surface area (Å²) in [5, 5.41) is 31.8. The number of rotatable bonds is 6. The fourth-order valence-electron chi connectivity index (χ4n) is 2.11. The van der Waals surface area contributed by atoms with Crippen molar-refractivity contribution in [3.05, 3.63) is 33.9 Å². The molecule has 19 heavy (non-hydrogen) atoms. The van der Waals surface area contributed by atoms with E-state index in [9.17, 15) is 10.1 Å². The number of aliphatic hydroxyl groups excluding tert-OH is 1. The van der Waals surface area contributed by atoms with Crippen molar-refractivity contribution >= 4 is 11.4 Å². The molecule has 6 heteroatoms. The second kappa shape index (κ2) is 5.24. The first kappa shape index (κ1) is 13.3. The Labute approximate surface area is 110 Å². The van der Waals surface area contributed by atoms with Crippen LogP contribution in [0.25, 0.3) is 0 Å². The van der Waals surface area contributed by atoms with Gasteiger partial charge in [0.05, 0.1) is 16.6 Å². The number of nitro groups is 1. The number of nitrogens with one attached hydrogen (secondary N) is 1. The summed E-state index contributed by atoms with van der Waals surface area (Å²) in [5.74, 6) is 0. The quantitative estimate of drug-likeness (QED) is 0.603. The van der Waals surface area contributed by atoms with Gasteiger partial charge in [0.25, 0.3) is 5.69 Å². The summed E-state index contributed by atoms with van der Waals surface area (Å²) in [6, 6.07) is 6.28. The van der Waals surface area contributed by atoms with Gasteiger partial charge in [0.1, 0.15) is 5.69 Å².